The summed E-state index contributed by atoms with van der Waals surface area (Å²) in [6.45, 7) is 5.77. The zero-order chi connectivity index (χ0) is 26.5. The van der Waals surface area contributed by atoms with Gasteiger partial charge in [0, 0.05) is 23.4 Å². The van der Waals surface area contributed by atoms with Gasteiger partial charge in [-0.05, 0) is 43.9 Å². The summed E-state index contributed by atoms with van der Waals surface area (Å²) in [4.78, 5) is 33.0. The van der Waals surface area contributed by atoms with Crippen LogP contribution in [-0.4, -0.2) is 42.2 Å². The molecule has 0 aliphatic carbocycles. The maximum Gasteiger partial charge on any atom is 0.338 e. The number of hydrogen-bond donors (Lipinski definition) is 1. The lowest BCUT2D eigenvalue weighted by Gasteiger charge is -2.37. The van der Waals surface area contributed by atoms with Crippen molar-refractivity contribution in [2.24, 2.45) is 4.99 Å². The van der Waals surface area contributed by atoms with Gasteiger partial charge in [-0.1, -0.05) is 42.1 Å². The van der Waals surface area contributed by atoms with Gasteiger partial charge in [0.25, 0.3) is 0 Å². The Morgan fingerprint density at radius 2 is 1.86 bits per heavy atom. The van der Waals surface area contributed by atoms with Gasteiger partial charge in [-0.3, -0.25) is 4.79 Å². The van der Waals surface area contributed by atoms with E-state index in [0.29, 0.717) is 27.9 Å². The Hall–Kier alpha value is -3.72. The van der Waals surface area contributed by atoms with Crippen molar-refractivity contribution in [3.8, 4) is 11.5 Å². The summed E-state index contributed by atoms with van der Waals surface area (Å²) in [5, 5.41) is 5.54. The number of carbonyl (C=O) groups is 2. The summed E-state index contributed by atoms with van der Waals surface area (Å²) in [6.07, 6.45) is 0.143. The highest BCUT2D eigenvalue weighted by Gasteiger charge is 2.42. The lowest BCUT2D eigenvalue weighted by Crippen LogP contribution is -2.39. The molecule has 37 heavy (non-hydrogen) atoms. The van der Waals surface area contributed by atoms with Crippen LogP contribution in [0.4, 0.5) is 0 Å². The minimum absolute atomic E-state index is 0.0137. The molecule has 2 aromatic carbocycles. The monoisotopic (exact) mass is 521 g/mol. The second kappa shape index (κ2) is 11.6. The highest BCUT2D eigenvalue weighted by atomic mass is 32.2. The third kappa shape index (κ3) is 5.83. The van der Waals surface area contributed by atoms with E-state index in [9.17, 15) is 9.59 Å². The van der Waals surface area contributed by atoms with E-state index >= 15 is 0 Å². The van der Waals surface area contributed by atoms with E-state index in [0.717, 1.165) is 16.8 Å². The number of aliphatic imine (C=N–C) groups is 1. The average molecular weight is 522 g/mol. The summed E-state index contributed by atoms with van der Waals surface area (Å²) >= 11 is 1.42. The van der Waals surface area contributed by atoms with E-state index in [-0.39, 0.29) is 25.0 Å². The van der Waals surface area contributed by atoms with Crippen LogP contribution < -0.4 is 14.8 Å². The smallest absolute Gasteiger partial charge is 0.338 e. The molecule has 1 atom stereocenters. The van der Waals surface area contributed by atoms with Gasteiger partial charge in [-0.2, -0.15) is 0 Å². The first-order valence-corrected chi connectivity index (χ1v) is 12.9. The molecule has 4 rings (SSSR count). The molecule has 0 saturated heterocycles. The summed E-state index contributed by atoms with van der Waals surface area (Å²) in [7, 11) is 3.16. The molecule has 0 radical (unpaired) electrons. The summed E-state index contributed by atoms with van der Waals surface area (Å²) < 4.78 is 16.9. The molecule has 0 fully saturated rings. The highest BCUT2D eigenvalue weighted by Crippen LogP contribution is 2.47. The first kappa shape index (κ1) is 26.3. The molecule has 1 N–H and O–H groups in total. The van der Waals surface area contributed by atoms with Crippen LogP contribution in [0.5, 0.6) is 11.5 Å². The predicted molar refractivity (Wildman–Crippen MR) is 144 cm³/mol. The Kier molecular flexibility index (Phi) is 8.23. The Morgan fingerprint density at radius 1 is 1.11 bits per heavy atom. The van der Waals surface area contributed by atoms with Crippen LogP contribution in [0.2, 0.25) is 0 Å². The van der Waals surface area contributed by atoms with E-state index in [1.54, 1.807) is 27.2 Å². The quantitative estimate of drug-likeness (QED) is 0.468. The second-order valence-electron chi connectivity index (χ2n) is 8.96. The van der Waals surface area contributed by atoms with E-state index in [2.05, 4.69) is 5.32 Å². The molecule has 2 aliphatic heterocycles. The number of ether oxygens (including phenoxy) is 3. The Morgan fingerprint density at radius 3 is 2.54 bits per heavy atom. The fraction of sp³-hybridized carbons (Fsp3) is 0.321. The van der Waals surface area contributed by atoms with Crippen LogP contribution in [0.1, 0.15) is 44.4 Å². The molecule has 9 heteroatoms. The normalized spacial score (nSPS) is 16.7. The van der Waals surface area contributed by atoms with Crippen molar-refractivity contribution in [2.75, 3.05) is 14.2 Å². The lowest BCUT2D eigenvalue weighted by atomic mass is 9.93. The minimum Gasteiger partial charge on any atom is -0.497 e. The minimum atomic E-state index is -0.607. The zero-order valence-corrected chi connectivity index (χ0v) is 22.4. The standard InChI is InChI=1S/C28H31N3O5S/c1-17(2)29-24(32)13-20-16-37-28-30-18(3)25(27(33)36-15-19-9-7-6-8-10-19)26(31(20)28)22-12-11-21(34-4)14-23(22)35-5/h6-12,14,16-17,26H,13,15H2,1-5H3,(H,29,32)/t26-/m1/s1. The molecule has 8 nitrogen and oxygen atoms in total. The number of fused-ring (bicyclic) bond motifs is 1. The fourth-order valence-corrected chi connectivity index (χ4v) is 5.27. The highest BCUT2D eigenvalue weighted by molar-refractivity contribution is 8.16. The molecule has 194 valence electrons. The van der Waals surface area contributed by atoms with E-state index in [1.165, 1.54) is 11.8 Å². The fourth-order valence-electron chi connectivity index (χ4n) is 4.31. The number of carbonyl (C=O) groups excluding carboxylic acids is 2. The maximum atomic E-state index is 13.6. The molecule has 1 amide bonds. The van der Waals surface area contributed by atoms with Crippen LogP contribution in [0.25, 0.3) is 0 Å². The largest absolute Gasteiger partial charge is 0.497 e. The molecule has 2 heterocycles. The van der Waals surface area contributed by atoms with Gasteiger partial charge in [0.2, 0.25) is 5.91 Å². The molecule has 2 aromatic rings. The Bertz CT molecular complexity index is 1270. The van der Waals surface area contributed by atoms with Gasteiger partial charge < -0.3 is 24.4 Å². The molecule has 0 saturated carbocycles. The third-order valence-corrected chi connectivity index (χ3v) is 6.85. The molecule has 2 aliphatic rings. The lowest BCUT2D eigenvalue weighted by molar-refractivity contribution is -0.141. The number of amidine groups is 1. The van der Waals surface area contributed by atoms with Gasteiger partial charge in [0.05, 0.1) is 38.0 Å². The number of rotatable bonds is 9. The molecular formula is C28H31N3O5S. The van der Waals surface area contributed by atoms with Crippen molar-refractivity contribution < 1.29 is 23.8 Å². The predicted octanol–water partition coefficient (Wildman–Crippen LogP) is 4.94. The van der Waals surface area contributed by atoms with Crippen LogP contribution in [0, 0.1) is 0 Å². The van der Waals surface area contributed by atoms with Gasteiger partial charge in [0.1, 0.15) is 18.1 Å². The van der Waals surface area contributed by atoms with Crippen molar-refractivity contribution in [1.29, 1.82) is 0 Å². The number of esters is 1. The van der Waals surface area contributed by atoms with Crippen molar-refractivity contribution in [2.45, 2.75) is 45.9 Å². The topological polar surface area (TPSA) is 89.5 Å². The maximum absolute atomic E-state index is 13.6. The number of methoxy groups -OCH3 is 2. The first-order valence-electron chi connectivity index (χ1n) is 12.0. The average Bonchev–Trinajstić information content (AvgIpc) is 3.27. The van der Waals surface area contributed by atoms with Crippen LogP contribution in [0.15, 0.2) is 75.9 Å². The van der Waals surface area contributed by atoms with Crippen molar-refractivity contribution in [1.82, 2.24) is 10.2 Å². The molecule has 0 aromatic heterocycles. The number of hydrogen-bond acceptors (Lipinski definition) is 8. The molecule has 0 bridgehead atoms. The van der Waals surface area contributed by atoms with Crippen LogP contribution in [0.3, 0.4) is 0 Å². The number of nitrogens with one attached hydrogen (secondary N) is 1. The summed E-state index contributed by atoms with van der Waals surface area (Å²) in [5.41, 5.74) is 3.31. The van der Waals surface area contributed by atoms with Gasteiger partial charge in [-0.15, -0.1) is 0 Å². The summed E-state index contributed by atoms with van der Waals surface area (Å²) in [6, 6.07) is 14.4. The summed E-state index contributed by atoms with van der Waals surface area (Å²) in [5.74, 6) is 0.592. The molecule has 0 spiro atoms. The zero-order valence-electron chi connectivity index (χ0n) is 21.6. The van der Waals surface area contributed by atoms with E-state index < -0.39 is 12.0 Å². The first-order chi connectivity index (χ1) is 17.8. The number of nitrogens with zero attached hydrogens (tertiary/aromatic N) is 2. The van der Waals surface area contributed by atoms with E-state index in [4.69, 9.17) is 19.2 Å². The molecular weight excluding hydrogens is 490 g/mol. The van der Waals surface area contributed by atoms with Crippen molar-refractivity contribution in [3.05, 3.63) is 82.0 Å². The Labute approximate surface area is 221 Å². The number of thioether (sulfide) groups is 1. The van der Waals surface area contributed by atoms with E-state index in [1.807, 2.05) is 66.6 Å². The third-order valence-electron chi connectivity index (χ3n) is 5.96. The Balaban J connectivity index is 1.75. The van der Waals surface area contributed by atoms with Gasteiger partial charge in [-0.25, -0.2) is 9.79 Å². The van der Waals surface area contributed by atoms with Crippen LogP contribution in [-0.2, 0) is 20.9 Å². The van der Waals surface area contributed by atoms with Gasteiger partial charge in [0.15, 0.2) is 5.17 Å². The van der Waals surface area contributed by atoms with Crippen molar-refractivity contribution >= 4 is 28.8 Å². The SMILES string of the molecule is COc1ccc([C@@H]2C(C(=O)OCc3ccccc3)=C(C)N=C3SC=C(CC(=O)NC(C)C)N32)c(OC)c1. The van der Waals surface area contributed by atoms with Crippen LogP contribution >= 0.6 is 11.8 Å². The number of allylic oxidation sites excluding steroid dienone is 1. The van der Waals surface area contributed by atoms with Crippen molar-refractivity contribution in [3.63, 3.8) is 0 Å². The molecule has 0 unspecified atom stereocenters. The second-order valence-corrected chi connectivity index (χ2v) is 9.80. The number of benzene rings is 2. The number of amides is 1. The van der Waals surface area contributed by atoms with Gasteiger partial charge >= 0.3 is 5.97 Å².